The van der Waals surface area contributed by atoms with Crippen molar-refractivity contribution < 1.29 is 18.3 Å². The number of aliphatic hydroxyl groups is 1. The summed E-state index contributed by atoms with van der Waals surface area (Å²) >= 11 is 14.2. The van der Waals surface area contributed by atoms with Gasteiger partial charge in [-0.15, -0.1) is 0 Å². The molecule has 0 aliphatic carbocycles. The summed E-state index contributed by atoms with van der Waals surface area (Å²) in [5, 5.41) is 9.73. The lowest BCUT2D eigenvalue weighted by atomic mass is 10.0. The molecule has 1 N–H and O–H groups in total. The highest BCUT2D eigenvalue weighted by molar-refractivity contribution is 9.10. The lowest BCUT2D eigenvalue weighted by Gasteiger charge is -2.15. The van der Waals surface area contributed by atoms with Gasteiger partial charge in [-0.25, -0.2) is 13.2 Å². The van der Waals surface area contributed by atoms with E-state index >= 15 is 0 Å². The minimum Gasteiger partial charge on any atom is -0.383 e. The molecule has 7 heteroatoms. The van der Waals surface area contributed by atoms with E-state index in [0.717, 1.165) is 18.2 Å². The van der Waals surface area contributed by atoms with Crippen molar-refractivity contribution in [1.82, 2.24) is 0 Å². The average molecular weight is 386 g/mol. The Morgan fingerprint density at radius 3 is 2.05 bits per heavy atom. The van der Waals surface area contributed by atoms with E-state index in [1.54, 1.807) is 0 Å². The van der Waals surface area contributed by atoms with Gasteiger partial charge in [0.15, 0.2) is 0 Å². The minimum absolute atomic E-state index is 0.135. The Bertz CT molecular complexity index is 622. The quantitative estimate of drug-likeness (QED) is 0.699. The van der Waals surface area contributed by atoms with Gasteiger partial charge in [0, 0.05) is 15.6 Å². The maximum absolute atomic E-state index is 13.8. The zero-order valence-electron chi connectivity index (χ0n) is 9.60. The summed E-state index contributed by atoms with van der Waals surface area (Å²) in [5.41, 5.74) is -0.692. The monoisotopic (exact) mass is 384 g/mol. The summed E-state index contributed by atoms with van der Waals surface area (Å²) in [5.74, 6) is -2.66. The predicted octanol–water partition coefficient (Wildman–Crippen LogP) is 5.25. The van der Waals surface area contributed by atoms with Gasteiger partial charge in [0.1, 0.15) is 23.6 Å². The molecule has 0 amide bonds. The van der Waals surface area contributed by atoms with Crippen LogP contribution in [0.15, 0.2) is 28.7 Å². The molecule has 20 heavy (non-hydrogen) atoms. The Kier molecular flexibility index (Phi) is 4.64. The first-order valence-corrected chi connectivity index (χ1v) is 6.83. The van der Waals surface area contributed by atoms with Crippen molar-refractivity contribution in [3.63, 3.8) is 0 Å². The van der Waals surface area contributed by atoms with Crippen molar-refractivity contribution >= 4 is 39.1 Å². The van der Waals surface area contributed by atoms with Crippen LogP contribution in [0.5, 0.6) is 0 Å². The fraction of sp³-hybridized carbons (Fsp3) is 0.0769. The molecule has 0 aliphatic rings. The maximum atomic E-state index is 13.8. The molecule has 1 atom stereocenters. The molecule has 0 aromatic heterocycles. The first-order chi connectivity index (χ1) is 9.31. The van der Waals surface area contributed by atoms with Crippen LogP contribution >= 0.6 is 39.1 Å². The van der Waals surface area contributed by atoms with E-state index in [-0.39, 0.29) is 15.1 Å². The van der Waals surface area contributed by atoms with Crippen LogP contribution in [0.25, 0.3) is 0 Å². The molecule has 0 saturated carbocycles. The summed E-state index contributed by atoms with van der Waals surface area (Å²) in [6.07, 6.45) is -1.70. The van der Waals surface area contributed by atoms with Gasteiger partial charge in [-0.3, -0.25) is 0 Å². The minimum atomic E-state index is -1.70. The van der Waals surface area contributed by atoms with Gasteiger partial charge < -0.3 is 5.11 Å². The molecule has 1 nitrogen and oxygen atoms in total. The van der Waals surface area contributed by atoms with Crippen LogP contribution in [0.3, 0.4) is 0 Å². The van der Waals surface area contributed by atoms with Crippen LogP contribution < -0.4 is 0 Å². The molecule has 0 bridgehead atoms. The second-order valence-electron chi connectivity index (χ2n) is 3.98. The van der Waals surface area contributed by atoms with Crippen LogP contribution in [0.2, 0.25) is 10.0 Å². The van der Waals surface area contributed by atoms with Crippen molar-refractivity contribution in [3.05, 3.63) is 67.4 Å². The molecule has 0 spiro atoms. The van der Waals surface area contributed by atoms with Crippen molar-refractivity contribution in [3.8, 4) is 0 Å². The molecule has 2 aromatic carbocycles. The van der Waals surface area contributed by atoms with Gasteiger partial charge >= 0.3 is 0 Å². The summed E-state index contributed by atoms with van der Waals surface area (Å²) in [6.45, 7) is 0. The Morgan fingerprint density at radius 2 is 1.40 bits per heavy atom. The zero-order valence-corrected chi connectivity index (χ0v) is 12.7. The molecular formula is C13H6BrCl2F3O. The van der Waals surface area contributed by atoms with E-state index in [4.69, 9.17) is 23.2 Å². The van der Waals surface area contributed by atoms with Gasteiger partial charge in [0.25, 0.3) is 0 Å². The Balaban J connectivity index is 2.54. The van der Waals surface area contributed by atoms with Crippen LogP contribution in [-0.4, -0.2) is 5.11 Å². The Hall–Kier alpha value is -0.750. The maximum Gasteiger partial charge on any atom is 0.142 e. The fourth-order valence-electron chi connectivity index (χ4n) is 1.66. The Morgan fingerprint density at radius 1 is 0.850 bits per heavy atom. The number of benzene rings is 2. The van der Waals surface area contributed by atoms with Gasteiger partial charge in [0.05, 0.1) is 10.0 Å². The second-order valence-corrected chi connectivity index (χ2v) is 5.65. The first-order valence-electron chi connectivity index (χ1n) is 5.28. The van der Waals surface area contributed by atoms with Crippen molar-refractivity contribution in [2.45, 2.75) is 6.10 Å². The van der Waals surface area contributed by atoms with E-state index < -0.39 is 34.1 Å². The average Bonchev–Trinajstić information content (AvgIpc) is 2.37. The standard InChI is InChI=1S/C13H6BrCl2F3O/c14-7-3-10(17)5(1-8(7)15)13(20)6-2-12(19)9(16)4-11(6)18/h1-4,13,20H. The molecule has 0 heterocycles. The summed E-state index contributed by atoms with van der Waals surface area (Å²) in [6, 6.07) is 3.61. The summed E-state index contributed by atoms with van der Waals surface area (Å²) < 4.78 is 41.1. The lowest BCUT2D eigenvalue weighted by Crippen LogP contribution is -2.06. The van der Waals surface area contributed by atoms with E-state index in [1.807, 2.05) is 0 Å². The third-order valence-corrected chi connectivity index (χ3v) is 4.16. The largest absolute Gasteiger partial charge is 0.383 e. The molecule has 2 aromatic rings. The number of aliphatic hydroxyl groups excluding tert-OH is 1. The number of halogens is 6. The molecule has 0 aliphatic heterocycles. The molecular weight excluding hydrogens is 380 g/mol. The third kappa shape index (κ3) is 2.96. The van der Waals surface area contributed by atoms with Crippen molar-refractivity contribution in [2.24, 2.45) is 0 Å². The molecule has 106 valence electrons. The second kappa shape index (κ2) is 5.93. The summed E-state index contributed by atoms with van der Waals surface area (Å²) in [7, 11) is 0. The molecule has 0 radical (unpaired) electrons. The first kappa shape index (κ1) is 15.6. The van der Waals surface area contributed by atoms with Gasteiger partial charge in [-0.2, -0.15) is 0 Å². The van der Waals surface area contributed by atoms with E-state index in [9.17, 15) is 18.3 Å². The smallest absolute Gasteiger partial charge is 0.142 e. The van der Waals surface area contributed by atoms with E-state index in [2.05, 4.69) is 15.9 Å². The molecule has 2 rings (SSSR count). The highest BCUT2D eigenvalue weighted by Gasteiger charge is 2.22. The van der Waals surface area contributed by atoms with Crippen molar-refractivity contribution in [1.29, 1.82) is 0 Å². The zero-order chi connectivity index (χ0) is 15.0. The number of hydrogen-bond acceptors (Lipinski definition) is 1. The Labute approximate surface area is 131 Å². The van der Waals surface area contributed by atoms with Gasteiger partial charge in [-0.05, 0) is 40.2 Å². The number of rotatable bonds is 2. The third-order valence-electron chi connectivity index (χ3n) is 2.67. The molecule has 0 saturated heterocycles. The van der Waals surface area contributed by atoms with Crippen LogP contribution in [0.4, 0.5) is 13.2 Å². The van der Waals surface area contributed by atoms with E-state index in [1.165, 1.54) is 0 Å². The molecule has 0 fully saturated rings. The SMILES string of the molecule is OC(c1cc(F)c(Cl)cc1F)c1cc(Cl)c(Br)cc1F. The van der Waals surface area contributed by atoms with Crippen LogP contribution in [0.1, 0.15) is 17.2 Å². The highest BCUT2D eigenvalue weighted by Crippen LogP contribution is 2.33. The highest BCUT2D eigenvalue weighted by atomic mass is 79.9. The van der Waals surface area contributed by atoms with Gasteiger partial charge in [-0.1, -0.05) is 23.2 Å². The topological polar surface area (TPSA) is 20.2 Å². The predicted molar refractivity (Wildman–Crippen MR) is 74.5 cm³/mol. The van der Waals surface area contributed by atoms with E-state index in [0.29, 0.717) is 6.07 Å². The van der Waals surface area contributed by atoms with Crippen LogP contribution in [-0.2, 0) is 0 Å². The summed E-state index contributed by atoms with van der Waals surface area (Å²) in [4.78, 5) is 0. The lowest BCUT2D eigenvalue weighted by molar-refractivity contribution is 0.209. The van der Waals surface area contributed by atoms with Gasteiger partial charge in [0.2, 0.25) is 0 Å². The fourth-order valence-corrected chi connectivity index (χ4v) is 2.30. The van der Waals surface area contributed by atoms with Crippen molar-refractivity contribution in [2.75, 3.05) is 0 Å². The number of hydrogen-bond donors (Lipinski definition) is 1. The van der Waals surface area contributed by atoms with Crippen LogP contribution in [0, 0.1) is 17.5 Å². The molecule has 1 unspecified atom stereocenters. The normalized spacial score (nSPS) is 12.6.